The summed E-state index contributed by atoms with van der Waals surface area (Å²) in [6.07, 6.45) is 0. The van der Waals surface area contributed by atoms with E-state index >= 15 is 0 Å². The Kier molecular flexibility index (Phi) is 4.02. The number of rotatable bonds is 1. The molecule has 1 fully saturated rings. The molecular weight excluding hydrogens is 299 g/mol. The summed E-state index contributed by atoms with van der Waals surface area (Å²) in [4.78, 5) is 14.0. The summed E-state index contributed by atoms with van der Waals surface area (Å²) in [5.74, 6) is -0.459. The average Bonchev–Trinajstić information content (AvgIpc) is 2.34. The van der Waals surface area contributed by atoms with Gasteiger partial charge in [-0.1, -0.05) is 15.9 Å². The number of piperazine rings is 1. The second-order valence-corrected chi connectivity index (χ2v) is 5.53. The second-order valence-electron chi connectivity index (χ2n) is 4.67. The molecule has 18 heavy (non-hydrogen) atoms. The number of halogens is 2. The highest BCUT2D eigenvalue weighted by Gasteiger charge is 2.22. The first-order valence-corrected chi connectivity index (χ1v) is 6.76. The van der Waals surface area contributed by atoms with E-state index in [9.17, 15) is 9.18 Å². The normalized spacial score (nSPS) is 20.0. The summed E-state index contributed by atoms with van der Waals surface area (Å²) >= 11 is 3.28. The highest BCUT2D eigenvalue weighted by Crippen LogP contribution is 2.22. The van der Waals surface area contributed by atoms with Crippen molar-refractivity contribution in [3.05, 3.63) is 33.5 Å². The third-order valence-corrected chi connectivity index (χ3v) is 4.01. The highest BCUT2D eigenvalue weighted by molar-refractivity contribution is 9.10. The summed E-state index contributed by atoms with van der Waals surface area (Å²) in [5, 5.41) is 3.27. The van der Waals surface area contributed by atoms with Crippen molar-refractivity contribution in [3.63, 3.8) is 0 Å². The van der Waals surface area contributed by atoms with Gasteiger partial charge in [0.25, 0.3) is 5.91 Å². The van der Waals surface area contributed by atoms with Crippen LogP contribution >= 0.6 is 15.9 Å². The first-order chi connectivity index (χ1) is 8.49. The van der Waals surface area contributed by atoms with E-state index in [4.69, 9.17) is 0 Å². The van der Waals surface area contributed by atoms with Crippen LogP contribution < -0.4 is 5.32 Å². The maximum absolute atomic E-state index is 13.6. The maximum Gasteiger partial charge on any atom is 0.254 e. The molecule has 1 aliphatic rings. The molecule has 3 nitrogen and oxygen atoms in total. The van der Waals surface area contributed by atoms with Crippen LogP contribution in [0.3, 0.4) is 0 Å². The molecule has 1 aromatic carbocycles. The zero-order valence-corrected chi connectivity index (χ0v) is 12.1. The van der Waals surface area contributed by atoms with Gasteiger partial charge in [-0.05, 0) is 31.5 Å². The molecule has 1 amide bonds. The monoisotopic (exact) mass is 314 g/mol. The number of amides is 1. The van der Waals surface area contributed by atoms with Gasteiger partial charge in [-0.3, -0.25) is 4.79 Å². The lowest BCUT2D eigenvalue weighted by Crippen LogP contribution is -2.51. The van der Waals surface area contributed by atoms with E-state index in [0.29, 0.717) is 28.7 Å². The number of nitrogens with zero attached hydrogens (tertiary/aromatic N) is 1. The Hall–Kier alpha value is -0.940. The summed E-state index contributed by atoms with van der Waals surface area (Å²) in [7, 11) is 0. The first-order valence-electron chi connectivity index (χ1n) is 5.97. The van der Waals surface area contributed by atoms with Gasteiger partial charge in [0, 0.05) is 35.7 Å². The number of hydrogen-bond donors (Lipinski definition) is 1. The molecule has 0 aliphatic carbocycles. The van der Waals surface area contributed by atoms with Gasteiger partial charge in [-0.2, -0.15) is 0 Å². The lowest BCUT2D eigenvalue weighted by molar-refractivity contribution is 0.0708. The van der Waals surface area contributed by atoms with Gasteiger partial charge < -0.3 is 10.2 Å². The van der Waals surface area contributed by atoms with E-state index in [0.717, 1.165) is 6.54 Å². The molecule has 1 saturated heterocycles. The minimum atomic E-state index is -0.351. The Labute approximate surface area is 114 Å². The molecule has 1 N–H and O–H groups in total. The van der Waals surface area contributed by atoms with Gasteiger partial charge >= 0.3 is 0 Å². The van der Waals surface area contributed by atoms with E-state index in [1.54, 1.807) is 17.9 Å². The Morgan fingerprint density at radius 2 is 2.28 bits per heavy atom. The third kappa shape index (κ3) is 2.72. The van der Waals surface area contributed by atoms with Crippen LogP contribution in [0.4, 0.5) is 4.39 Å². The average molecular weight is 315 g/mol. The Morgan fingerprint density at radius 3 is 2.89 bits per heavy atom. The number of benzene rings is 1. The summed E-state index contributed by atoms with van der Waals surface area (Å²) in [6.45, 7) is 5.82. The predicted molar refractivity (Wildman–Crippen MR) is 72.2 cm³/mol. The van der Waals surface area contributed by atoms with E-state index in [-0.39, 0.29) is 17.8 Å². The minimum absolute atomic E-state index is 0.108. The van der Waals surface area contributed by atoms with Gasteiger partial charge in [0.2, 0.25) is 0 Å². The molecule has 1 heterocycles. The topological polar surface area (TPSA) is 32.3 Å². The van der Waals surface area contributed by atoms with Crippen LogP contribution in [0.25, 0.3) is 0 Å². The molecule has 1 aromatic rings. The molecule has 0 radical (unpaired) electrons. The van der Waals surface area contributed by atoms with Gasteiger partial charge in [0.15, 0.2) is 0 Å². The van der Waals surface area contributed by atoms with Crippen LogP contribution in [0.2, 0.25) is 0 Å². The smallest absolute Gasteiger partial charge is 0.254 e. The van der Waals surface area contributed by atoms with E-state index in [1.165, 1.54) is 6.07 Å². The van der Waals surface area contributed by atoms with Crippen molar-refractivity contribution in [2.45, 2.75) is 19.9 Å². The van der Waals surface area contributed by atoms with Crippen LogP contribution in [-0.2, 0) is 0 Å². The van der Waals surface area contributed by atoms with Gasteiger partial charge in [0.1, 0.15) is 5.82 Å². The fourth-order valence-electron chi connectivity index (χ4n) is 2.07. The lowest BCUT2D eigenvalue weighted by atomic mass is 10.1. The van der Waals surface area contributed by atoms with Crippen LogP contribution in [0.1, 0.15) is 22.8 Å². The molecule has 0 bridgehead atoms. The molecule has 0 aromatic heterocycles. The molecule has 5 heteroatoms. The van der Waals surface area contributed by atoms with Crippen LogP contribution in [0, 0.1) is 12.7 Å². The van der Waals surface area contributed by atoms with Gasteiger partial charge in [0.05, 0.1) is 0 Å². The first kappa shape index (κ1) is 13.5. The fraction of sp³-hybridized carbons (Fsp3) is 0.462. The van der Waals surface area contributed by atoms with Crippen molar-refractivity contribution < 1.29 is 9.18 Å². The van der Waals surface area contributed by atoms with Crippen LogP contribution in [0.15, 0.2) is 16.6 Å². The summed E-state index contributed by atoms with van der Waals surface area (Å²) in [5.41, 5.74) is 0.930. The SMILES string of the molecule is Cc1c(F)cc(C(=O)N2CCN[C@H](C)C2)cc1Br. The van der Waals surface area contributed by atoms with Crippen molar-refractivity contribution in [2.75, 3.05) is 19.6 Å². The Bertz CT molecular complexity index is 455. The molecule has 2 rings (SSSR count). The Morgan fingerprint density at radius 1 is 1.56 bits per heavy atom. The second kappa shape index (κ2) is 5.36. The Balaban J connectivity index is 2.23. The maximum atomic E-state index is 13.6. The van der Waals surface area contributed by atoms with E-state index < -0.39 is 0 Å². The highest BCUT2D eigenvalue weighted by atomic mass is 79.9. The quantitative estimate of drug-likeness (QED) is 0.863. The van der Waals surface area contributed by atoms with Crippen molar-refractivity contribution >= 4 is 21.8 Å². The van der Waals surface area contributed by atoms with Crippen molar-refractivity contribution in [2.24, 2.45) is 0 Å². The lowest BCUT2D eigenvalue weighted by Gasteiger charge is -2.32. The van der Waals surface area contributed by atoms with E-state index in [1.807, 2.05) is 6.92 Å². The largest absolute Gasteiger partial charge is 0.336 e. The van der Waals surface area contributed by atoms with Crippen molar-refractivity contribution in [1.29, 1.82) is 0 Å². The molecular formula is C13H16BrFN2O. The molecule has 0 saturated carbocycles. The van der Waals surface area contributed by atoms with Crippen LogP contribution in [-0.4, -0.2) is 36.5 Å². The standard InChI is InChI=1S/C13H16BrFN2O/c1-8-7-17(4-3-16-8)13(18)10-5-11(14)9(2)12(15)6-10/h5-6,8,16H,3-4,7H2,1-2H3/t8-/m1/s1. The van der Waals surface area contributed by atoms with Crippen LogP contribution in [0.5, 0.6) is 0 Å². The predicted octanol–water partition coefficient (Wildman–Crippen LogP) is 2.33. The minimum Gasteiger partial charge on any atom is -0.336 e. The van der Waals surface area contributed by atoms with Crippen molar-refractivity contribution in [3.8, 4) is 0 Å². The molecule has 1 aliphatic heterocycles. The summed E-state index contributed by atoms with van der Waals surface area (Å²) < 4.78 is 14.3. The van der Waals surface area contributed by atoms with Gasteiger partial charge in [-0.25, -0.2) is 4.39 Å². The van der Waals surface area contributed by atoms with Gasteiger partial charge in [-0.15, -0.1) is 0 Å². The molecule has 0 spiro atoms. The molecule has 98 valence electrons. The number of hydrogen-bond acceptors (Lipinski definition) is 2. The zero-order valence-electron chi connectivity index (χ0n) is 10.5. The molecule has 0 unspecified atom stereocenters. The van der Waals surface area contributed by atoms with Crippen molar-refractivity contribution in [1.82, 2.24) is 10.2 Å². The third-order valence-electron chi connectivity index (χ3n) is 3.18. The zero-order chi connectivity index (χ0) is 13.3. The number of nitrogens with one attached hydrogen (secondary N) is 1. The molecule has 1 atom stereocenters. The van der Waals surface area contributed by atoms with E-state index in [2.05, 4.69) is 21.2 Å². The fourth-order valence-corrected chi connectivity index (χ4v) is 2.50. The number of carbonyl (C=O) groups excluding carboxylic acids is 1. The number of carbonyl (C=O) groups is 1. The summed E-state index contributed by atoms with van der Waals surface area (Å²) in [6, 6.07) is 3.28.